The smallest absolute Gasteiger partial charge is 0.264 e. The summed E-state index contributed by atoms with van der Waals surface area (Å²) in [5.74, 6) is 0.268. The van der Waals surface area contributed by atoms with Crippen LogP contribution in [0.15, 0.2) is 6.07 Å². The van der Waals surface area contributed by atoms with Crippen molar-refractivity contribution in [1.29, 1.82) is 0 Å². The molecule has 2 aliphatic rings. The lowest BCUT2D eigenvalue weighted by molar-refractivity contribution is 0.0742. The first-order valence-electron chi connectivity index (χ1n) is 8.36. The summed E-state index contributed by atoms with van der Waals surface area (Å²) in [5.41, 5.74) is 1.45. The molecule has 1 unspecified atom stereocenters. The third-order valence-corrected chi connectivity index (χ3v) is 6.01. The number of hydrogen-bond acceptors (Lipinski definition) is 3. The largest absolute Gasteiger partial charge is 0.334 e. The molecule has 21 heavy (non-hydrogen) atoms. The number of rotatable bonds is 3. The Bertz CT molecular complexity index is 471. The van der Waals surface area contributed by atoms with Crippen LogP contribution in [0.25, 0.3) is 0 Å². The second-order valence-corrected chi connectivity index (χ2v) is 7.46. The molecule has 0 aromatic carbocycles. The molecule has 1 aromatic heterocycles. The van der Waals surface area contributed by atoms with Gasteiger partial charge >= 0.3 is 0 Å². The molecule has 1 N–H and O–H groups in total. The highest BCUT2D eigenvalue weighted by Crippen LogP contribution is 2.30. The second kappa shape index (κ2) is 6.93. The van der Waals surface area contributed by atoms with Crippen LogP contribution in [0.4, 0.5) is 0 Å². The van der Waals surface area contributed by atoms with E-state index in [1.165, 1.54) is 49.0 Å². The van der Waals surface area contributed by atoms with Gasteiger partial charge in [-0.3, -0.25) is 4.79 Å². The van der Waals surface area contributed by atoms with Crippen LogP contribution in [-0.2, 0) is 12.8 Å². The average molecular weight is 306 g/mol. The van der Waals surface area contributed by atoms with E-state index in [2.05, 4.69) is 16.3 Å². The first kappa shape index (κ1) is 15.0. The molecule has 0 saturated carbocycles. The maximum absolute atomic E-state index is 12.8. The Morgan fingerprint density at radius 2 is 2.10 bits per heavy atom. The van der Waals surface area contributed by atoms with Crippen molar-refractivity contribution in [3.63, 3.8) is 0 Å². The fourth-order valence-electron chi connectivity index (χ4n) is 3.64. The summed E-state index contributed by atoms with van der Waals surface area (Å²) < 4.78 is 0. The third kappa shape index (κ3) is 3.32. The van der Waals surface area contributed by atoms with Gasteiger partial charge in [0.15, 0.2) is 0 Å². The SMILES string of the molecule is CNCC1CCCN1C(=O)c1cc2c(s1)CCCCCC2. The Morgan fingerprint density at radius 3 is 2.90 bits per heavy atom. The molecule has 116 valence electrons. The predicted octanol–water partition coefficient (Wildman–Crippen LogP) is 3.23. The fourth-order valence-corrected chi connectivity index (χ4v) is 4.85. The van der Waals surface area contributed by atoms with E-state index in [1.54, 1.807) is 11.3 Å². The zero-order valence-corrected chi connectivity index (χ0v) is 13.8. The van der Waals surface area contributed by atoms with E-state index in [1.807, 2.05) is 7.05 Å². The van der Waals surface area contributed by atoms with Crippen LogP contribution in [0.2, 0.25) is 0 Å². The minimum Gasteiger partial charge on any atom is -0.334 e. The topological polar surface area (TPSA) is 32.3 Å². The molecule has 3 nitrogen and oxygen atoms in total. The summed E-state index contributed by atoms with van der Waals surface area (Å²) in [6, 6.07) is 2.58. The third-order valence-electron chi connectivity index (χ3n) is 4.79. The van der Waals surface area contributed by atoms with Crippen LogP contribution in [0.1, 0.15) is 58.6 Å². The van der Waals surface area contributed by atoms with Gasteiger partial charge in [0.1, 0.15) is 0 Å². The van der Waals surface area contributed by atoms with Crippen LogP contribution >= 0.6 is 11.3 Å². The standard InChI is InChI=1S/C17H26N2OS/c1-18-12-14-8-6-10-19(14)17(20)16-11-13-7-4-2-3-5-9-15(13)21-16/h11,14,18H,2-10,12H2,1H3. The van der Waals surface area contributed by atoms with Gasteiger partial charge in [-0.1, -0.05) is 12.8 Å². The van der Waals surface area contributed by atoms with Crippen molar-refractivity contribution >= 4 is 17.2 Å². The molecule has 1 saturated heterocycles. The number of hydrogen-bond donors (Lipinski definition) is 1. The van der Waals surface area contributed by atoms with E-state index in [9.17, 15) is 4.79 Å². The molecule has 1 aliphatic carbocycles. The summed E-state index contributed by atoms with van der Waals surface area (Å²) in [6.07, 6.45) is 9.87. The van der Waals surface area contributed by atoms with Gasteiger partial charge < -0.3 is 10.2 Å². The predicted molar refractivity (Wildman–Crippen MR) is 88.2 cm³/mol. The summed E-state index contributed by atoms with van der Waals surface area (Å²) in [6.45, 7) is 1.84. The lowest BCUT2D eigenvalue weighted by atomic mass is 10.00. The monoisotopic (exact) mass is 306 g/mol. The summed E-state index contributed by atoms with van der Waals surface area (Å²) in [4.78, 5) is 17.4. The van der Waals surface area contributed by atoms with Gasteiger partial charge in [-0.15, -0.1) is 11.3 Å². The minimum absolute atomic E-state index is 0.268. The Hall–Kier alpha value is -0.870. The molecule has 3 rings (SSSR count). The maximum Gasteiger partial charge on any atom is 0.264 e. The molecule has 4 heteroatoms. The van der Waals surface area contributed by atoms with Gasteiger partial charge in [0.05, 0.1) is 4.88 Å². The van der Waals surface area contributed by atoms with Crippen molar-refractivity contribution in [3.05, 3.63) is 21.4 Å². The Morgan fingerprint density at radius 1 is 1.29 bits per heavy atom. The Kier molecular flexibility index (Phi) is 4.96. The number of thiophene rings is 1. The molecule has 2 heterocycles. The zero-order chi connectivity index (χ0) is 14.7. The van der Waals surface area contributed by atoms with E-state index >= 15 is 0 Å². The lowest BCUT2D eigenvalue weighted by Gasteiger charge is -2.23. The number of fused-ring (bicyclic) bond motifs is 1. The molecule has 1 fully saturated rings. The average Bonchev–Trinajstić information content (AvgIpc) is 3.06. The van der Waals surface area contributed by atoms with E-state index < -0.39 is 0 Å². The zero-order valence-electron chi connectivity index (χ0n) is 13.0. The van der Waals surface area contributed by atoms with Crippen molar-refractivity contribution in [2.24, 2.45) is 0 Å². The molecule has 1 aliphatic heterocycles. The molecule has 0 spiro atoms. The highest BCUT2D eigenvalue weighted by atomic mass is 32.1. The minimum atomic E-state index is 0.268. The molecule has 0 bridgehead atoms. The van der Waals surface area contributed by atoms with Gasteiger partial charge in [0.25, 0.3) is 5.91 Å². The van der Waals surface area contributed by atoms with E-state index in [0.717, 1.165) is 30.8 Å². The van der Waals surface area contributed by atoms with Crippen LogP contribution in [0, 0.1) is 0 Å². The van der Waals surface area contributed by atoms with Crippen molar-refractivity contribution in [2.75, 3.05) is 20.1 Å². The normalized spacial score (nSPS) is 22.7. The molecule has 0 radical (unpaired) electrons. The van der Waals surface area contributed by atoms with E-state index in [4.69, 9.17) is 0 Å². The second-order valence-electron chi connectivity index (χ2n) is 6.33. The summed E-state index contributed by atoms with van der Waals surface area (Å²) >= 11 is 1.76. The Balaban J connectivity index is 1.76. The van der Waals surface area contributed by atoms with E-state index in [0.29, 0.717) is 6.04 Å². The number of likely N-dealkylation sites (N-methyl/N-ethyl adjacent to an activating group) is 1. The highest BCUT2D eigenvalue weighted by molar-refractivity contribution is 7.14. The lowest BCUT2D eigenvalue weighted by Crippen LogP contribution is -2.40. The highest BCUT2D eigenvalue weighted by Gasteiger charge is 2.30. The van der Waals surface area contributed by atoms with Gasteiger partial charge in [-0.05, 0) is 57.2 Å². The first-order valence-corrected chi connectivity index (χ1v) is 9.18. The van der Waals surface area contributed by atoms with Crippen LogP contribution in [0.5, 0.6) is 0 Å². The Labute approximate surface area is 131 Å². The number of nitrogens with zero attached hydrogens (tertiary/aromatic N) is 1. The number of carbonyl (C=O) groups is 1. The van der Waals surface area contributed by atoms with Gasteiger partial charge in [0, 0.05) is 24.0 Å². The maximum atomic E-state index is 12.8. The number of carbonyl (C=O) groups excluding carboxylic acids is 1. The molecule has 1 aromatic rings. The molecular formula is C17H26N2OS. The molecule has 1 atom stereocenters. The number of nitrogens with one attached hydrogen (secondary N) is 1. The number of likely N-dealkylation sites (tertiary alicyclic amines) is 1. The fraction of sp³-hybridized carbons (Fsp3) is 0.706. The van der Waals surface area contributed by atoms with Crippen molar-refractivity contribution in [2.45, 2.75) is 57.4 Å². The van der Waals surface area contributed by atoms with Crippen LogP contribution < -0.4 is 5.32 Å². The summed E-state index contributed by atoms with van der Waals surface area (Å²) in [7, 11) is 1.97. The van der Waals surface area contributed by atoms with Gasteiger partial charge in [-0.2, -0.15) is 0 Å². The van der Waals surface area contributed by atoms with Crippen molar-refractivity contribution < 1.29 is 4.79 Å². The van der Waals surface area contributed by atoms with Crippen LogP contribution in [0.3, 0.4) is 0 Å². The van der Waals surface area contributed by atoms with Crippen LogP contribution in [-0.4, -0.2) is 37.0 Å². The summed E-state index contributed by atoms with van der Waals surface area (Å²) in [5, 5.41) is 3.22. The van der Waals surface area contributed by atoms with E-state index in [-0.39, 0.29) is 5.91 Å². The number of aryl methyl sites for hydroxylation is 2. The quantitative estimate of drug-likeness (QED) is 0.930. The molecular weight excluding hydrogens is 280 g/mol. The first-order chi connectivity index (χ1) is 10.3. The molecule has 1 amide bonds. The van der Waals surface area contributed by atoms with Gasteiger partial charge in [0.2, 0.25) is 0 Å². The van der Waals surface area contributed by atoms with Gasteiger partial charge in [-0.25, -0.2) is 0 Å². The van der Waals surface area contributed by atoms with Crippen molar-refractivity contribution in [1.82, 2.24) is 10.2 Å². The number of amides is 1. The van der Waals surface area contributed by atoms with Crippen molar-refractivity contribution in [3.8, 4) is 0 Å².